The third kappa shape index (κ3) is 3.42. The van der Waals surface area contributed by atoms with Crippen LogP contribution in [-0.4, -0.2) is 6.03 Å². The van der Waals surface area contributed by atoms with Crippen LogP contribution in [0, 0.1) is 11.6 Å². The minimum Gasteiger partial charge on any atom is -0.306 e. The van der Waals surface area contributed by atoms with Gasteiger partial charge in [-0.1, -0.05) is 23.7 Å². The molecule has 0 aliphatic heterocycles. The Balaban J connectivity index is 2.08. The van der Waals surface area contributed by atoms with Gasteiger partial charge in [0.05, 0.1) is 16.4 Å². The van der Waals surface area contributed by atoms with E-state index >= 15 is 0 Å². The van der Waals surface area contributed by atoms with Gasteiger partial charge in [0.1, 0.15) is 11.6 Å². The molecule has 6 heteroatoms. The quantitative estimate of drug-likeness (QED) is 0.849. The van der Waals surface area contributed by atoms with E-state index in [2.05, 4.69) is 10.6 Å². The highest BCUT2D eigenvalue weighted by atomic mass is 35.5. The molecule has 0 fully saturated rings. The molecule has 0 saturated heterocycles. The van der Waals surface area contributed by atoms with E-state index in [-0.39, 0.29) is 5.69 Å². The van der Waals surface area contributed by atoms with Crippen molar-refractivity contribution in [2.45, 2.75) is 0 Å². The van der Waals surface area contributed by atoms with Gasteiger partial charge < -0.3 is 10.6 Å². The van der Waals surface area contributed by atoms with E-state index in [1.807, 2.05) is 0 Å². The lowest BCUT2D eigenvalue weighted by Gasteiger charge is -2.09. The fourth-order valence-electron chi connectivity index (χ4n) is 1.43. The third-order valence-corrected chi connectivity index (χ3v) is 2.63. The van der Waals surface area contributed by atoms with E-state index in [0.717, 1.165) is 12.1 Å². The predicted octanol–water partition coefficient (Wildman–Crippen LogP) is 4.26. The van der Waals surface area contributed by atoms with Crippen molar-refractivity contribution in [3.8, 4) is 0 Å². The molecule has 0 bridgehead atoms. The number of benzene rings is 2. The molecule has 2 N–H and O–H groups in total. The highest BCUT2D eigenvalue weighted by molar-refractivity contribution is 6.33. The predicted molar refractivity (Wildman–Crippen MR) is 70.5 cm³/mol. The van der Waals surface area contributed by atoms with Crippen molar-refractivity contribution in [1.82, 2.24) is 0 Å². The molecule has 2 aromatic carbocycles. The Morgan fingerprint density at radius 1 is 1.00 bits per heavy atom. The van der Waals surface area contributed by atoms with Gasteiger partial charge in [-0.05, 0) is 24.3 Å². The summed E-state index contributed by atoms with van der Waals surface area (Å²) < 4.78 is 26.0. The van der Waals surface area contributed by atoms with Gasteiger partial charge in [0.2, 0.25) is 0 Å². The van der Waals surface area contributed by atoms with Crippen LogP contribution < -0.4 is 10.6 Å². The number of carbonyl (C=O) groups is 1. The summed E-state index contributed by atoms with van der Waals surface area (Å²) in [5, 5.41) is 5.08. The lowest BCUT2D eigenvalue weighted by atomic mass is 10.3. The number of para-hydroxylation sites is 1. The summed E-state index contributed by atoms with van der Waals surface area (Å²) in [4.78, 5) is 11.6. The molecule has 98 valence electrons. The average Bonchev–Trinajstić information content (AvgIpc) is 2.36. The molecule has 0 saturated carbocycles. The first kappa shape index (κ1) is 13.3. The summed E-state index contributed by atoms with van der Waals surface area (Å²) in [5.74, 6) is -1.57. The van der Waals surface area contributed by atoms with Crippen LogP contribution in [0.4, 0.5) is 25.0 Å². The summed E-state index contributed by atoms with van der Waals surface area (Å²) >= 11 is 5.86. The molecular formula is C13H9ClF2N2O. The van der Waals surface area contributed by atoms with E-state index in [1.54, 1.807) is 24.3 Å². The van der Waals surface area contributed by atoms with Gasteiger partial charge in [0.25, 0.3) is 0 Å². The van der Waals surface area contributed by atoms with Gasteiger partial charge in [0.15, 0.2) is 0 Å². The van der Waals surface area contributed by atoms with Crippen molar-refractivity contribution in [3.05, 3.63) is 59.1 Å². The molecule has 0 aliphatic rings. The van der Waals surface area contributed by atoms with Crippen LogP contribution in [0.3, 0.4) is 0 Å². The summed E-state index contributed by atoms with van der Waals surface area (Å²) in [5.41, 5.74) is 0.273. The van der Waals surface area contributed by atoms with E-state index < -0.39 is 17.7 Å². The molecule has 3 nitrogen and oxygen atoms in total. The summed E-state index contributed by atoms with van der Waals surface area (Å²) in [6.45, 7) is 0. The van der Waals surface area contributed by atoms with Crippen molar-refractivity contribution < 1.29 is 13.6 Å². The molecule has 0 atom stereocenters. The molecule has 0 aromatic heterocycles. The first-order valence-electron chi connectivity index (χ1n) is 5.34. The Labute approximate surface area is 113 Å². The molecule has 0 radical (unpaired) electrons. The largest absolute Gasteiger partial charge is 0.323 e. The van der Waals surface area contributed by atoms with E-state index in [9.17, 15) is 13.6 Å². The van der Waals surface area contributed by atoms with Crippen LogP contribution in [0.1, 0.15) is 0 Å². The molecule has 0 heterocycles. The molecule has 0 aliphatic carbocycles. The first-order chi connectivity index (χ1) is 9.06. The monoisotopic (exact) mass is 282 g/mol. The standard InChI is InChI=1S/C13H9ClF2N2O/c14-9-3-1-2-4-11(9)17-13(19)18-12-6-5-8(15)7-10(12)16/h1-7H,(H2,17,18,19). The zero-order valence-electron chi connectivity index (χ0n) is 9.58. The number of carbonyl (C=O) groups excluding carboxylic acids is 1. The van der Waals surface area contributed by atoms with Crippen LogP contribution in [-0.2, 0) is 0 Å². The van der Waals surface area contributed by atoms with Gasteiger partial charge in [-0.25, -0.2) is 13.6 Å². The smallest absolute Gasteiger partial charge is 0.306 e. The number of hydrogen-bond donors (Lipinski definition) is 2. The second kappa shape index (κ2) is 5.67. The number of nitrogens with one attached hydrogen (secondary N) is 2. The number of amides is 2. The maximum absolute atomic E-state index is 13.3. The van der Waals surface area contributed by atoms with Gasteiger partial charge >= 0.3 is 6.03 Å². The van der Waals surface area contributed by atoms with E-state index in [0.29, 0.717) is 16.8 Å². The van der Waals surface area contributed by atoms with Crippen LogP contribution in [0.25, 0.3) is 0 Å². The number of halogens is 3. The Bertz CT molecular complexity index is 619. The van der Waals surface area contributed by atoms with Crippen molar-refractivity contribution in [2.24, 2.45) is 0 Å². The minimum absolute atomic E-state index is 0.119. The van der Waals surface area contributed by atoms with E-state index in [1.165, 1.54) is 0 Å². The first-order valence-corrected chi connectivity index (χ1v) is 5.71. The highest BCUT2D eigenvalue weighted by Crippen LogP contribution is 2.21. The van der Waals surface area contributed by atoms with Crippen LogP contribution in [0.15, 0.2) is 42.5 Å². The van der Waals surface area contributed by atoms with Crippen LogP contribution in [0.5, 0.6) is 0 Å². The highest BCUT2D eigenvalue weighted by Gasteiger charge is 2.09. The zero-order chi connectivity index (χ0) is 13.8. The molecule has 2 amide bonds. The van der Waals surface area contributed by atoms with Gasteiger partial charge in [0, 0.05) is 6.07 Å². The number of hydrogen-bond acceptors (Lipinski definition) is 1. The zero-order valence-corrected chi connectivity index (χ0v) is 10.3. The summed E-state index contributed by atoms with van der Waals surface area (Å²) in [7, 11) is 0. The molecule has 2 aromatic rings. The van der Waals surface area contributed by atoms with Crippen LogP contribution >= 0.6 is 11.6 Å². The lowest BCUT2D eigenvalue weighted by molar-refractivity contribution is 0.262. The topological polar surface area (TPSA) is 41.1 Å². The Kier molecular flexibility index (Phi) is 3.97. The van der Waals surface area contributed by atoms with E-state index in [4.69, 9.17) is 11.6 Å². The Morgan fingerprint density at radius 3 is 2.37 bits per heavy atom. The normalized spacial score (nSPS) is 10.1. The summed E-state index contributed by atoms with van der Waals surface area (Å²) in [6.07, 6.45) is 0. The van der Waals surface area contributed by atoms with Crippen LogP contribution in [0.2, 0.25) is 5.02 Å². The summed E-state index contributed by atoms with van der Waals surface area (Å²) in [6, 6.07) is 8.82. The fraction of sp³-hybridized carbons (Fsp3) is 0. The van der Waals surface area contributed by atoms with Gasteiger partial charge in [-0.15, -0.1) is 0 Å². The molecular weight excluding hydrogens is 274 g/mol. The maximum atomic E-state index is 13.3. The number of rotatable bonds is 2. The van der Waals surface area contributed by atoms with Crippen molar-refractivity contribution in [3.63, 3.8) is 0 Å². The maximum Gasteiger partial charge on any atom is 0.323 e. The molecule has 2 rings (SSSR count). The molecule has 19 heavy (non-hydrogen) atoms. The Hall–Kier alpha value is -2.14. The average molecular weight is 283 g/mol. The fourth-order valence-corrected chi connectivity index (χ4v) is 1.61. The van der Waals surface area contributed by atoms with Crippen molar-refractivity contribution >= 4 is 29.0 Å². The molecule has 0 spiro atoms. The second-order valence-corrected chi connectivity index (χ2v) is 4.09. The number of anilines is 2. The second-order valence-electron chi connectivity index (χ2n) is 3.68. The molecule has 0 unspecified atom stereocenters. The van der Waals surface area contributed by atoms with Crippen molar-refractivity contribution in [2.75, 3.05) is 10.6 Å². The lowest BCUT2D eigenvalue weighted by Crippen LogP contribution is -2.20. The number of urea groups is 1. The van der Waals surface area contributed by atoms with Gasteiger partial charge in [-0.3, -0.25) is 0 Å². The van der Waals surface area contributed by atoms with Crippen molar-refractivity contribution in [1.29, 1.82) is 0 Å². The minimum atomic E-state index is -0.852. The Morgan fingerprint density at radius 2 is 1.68 bits per heavy atom. The SMILES string of the molecule is O=C(Nc1ccc(F)cc1F)Nc1ccccc1Cl. The third-order valence-electron chi connectivity index (χ3n) is 2.30. The van der Waals surface area contributed by atoms with Gasteiger partial charge in [-0.2, -0.15) is 0 Å².